The Morgan fingerprint density at radius 2 is 2.03 bits per heavy atom. The van der Waals surface area contributed by atoms with Gasteiger partial charge < -0.3 is 19.4 Å². The van der Waals surface area contributed by atoms with E-state index in [0.717, 1.165) is 22.6 Å². The molecule has 1 aliphatic rings. The molecule has 7 nitrogen and oxygen atoms in total. The van der Waals surface area contributed by atoms with Crippen molar-refractivity contribution in [3.8, 4) is 11.3 Å². The highest BCUT2D eigenvalue weighted by Crippen LogP contribution is 2.41. The minimum Gasteiger partial charge on any atom is -0.465 e. The normalized spacial score (nSPS) is 17.4. The van der Waals surface area contributed by atoms with Crippen LogP contribution in [0.4, 0.5) is 0 Å². The molecule has 5 rings (SSSR count). The first kappa shape index (κ1) is 21.8. The first-order chi connectivity index (χ1) is 16.6. The van der Waals surface area contributed by atoms with Crippen LogP contribution in [0.5, 0.6) is 0 Å². The lowest BCUT2D eigenvalue weighted by Crippen LogP contribution is -2.29. The molecule has 2 atom stereocenters. The molecule has 1 fully saturated rings. The molecule has 1 aliphatic heterocycles. The van der Waals surface area contributed by atoms with Gasteiger partial charge >= 0.3 is 5.97 Å². The number of aromatic nitrogens is 2. The number of thiocarbonyl (C=S) groups is 1. The van der Waals surface area contributed by atoms with Crippen molar-refractivity contribution >= 4 is 23.3 Å². The van der Waals surface area contributed by atoms with Gasteiger partial charge in [-0.3, -0.25) is 9.97 Å². The summed E-state index contributed by atoms with van der Waals surface area (Å²) in [5.41, 5.74) is 3.16. The van der Waals surface area contributed by atoms with Gasteiger partial charge in [0.15, 0.2) is 5.11 Å². The van der Waals surface area contributed by atoms with Crippen molar-refractivity contribution in [2.24, 2.45) is 0 Å². The molecule has 1 saturated heterocycles. The van der Waals surface area contributed by atoms with Crippen molar-refractivity contribution < 1.29 is 13.9 Å². The van der Waals surface area contributed by atoms with Crippen LogP contribution < -0.4 is 5.32 Å². The first-order valence-corrected chi connectivity index (χ1v) is 11.2. The van der Waals surface area contributed by atoms with E-state index in [1.807, 2.05) is 54.7 Å². The number of hydrogen-bond donors (Lipinski definition) is 1. The minimum atomic E-state index is -0.392. The number of nitrogens with one attached hydrogen (secondary N) is 1. The SMILES string of the molecule is COC(=O)c1cccc(-c2ccc([C@@H]3[C@@H](c4ccccn4)NC(=S)N3Cc3cccnc3)o2)c1. The number of furan rings is 1. The smallest absolute Gasteiger partial charge is 0.337 e. The van der Waals surface area contributed by atoms with E-state index < -0.39 is 5.97 Å². The number of nitrogens with zero attached hydrogens (tertiary/aromatic N) is 3. The number of carbonyl (C=O) groups is 1. The number of rotatable bonds is 6. The summed E-state index contributed by atoms with van der Waals surface area (Å²) in [5.74, 6) is 1.00. The molecule has 0 unspecified atom stereocenters. The first-order valence-electron chi connectivity index (χ1n) is 10.8. The number of pyridine rings is 2. The summed E-state index contributed by atoms with van der Waals surface area (Å²) in [7, 11) is 1.37. The van der Waals surface area contributed by atoms with Gasteiger partial charge in [-0.2, -0.15) is 0 Å². The Balaban J connectivity index is 1.52. The third-order valence-corrected chi connectivity index (χ3v) is 6.11. The molecule has 0 spiro atoms. The monoisotopic (exact) mass is 470 g/mol. The molecule has 34 heavy (non-hydrogen) atoms. The van der Waals surface area contributed by atoms with Gasteiger partial charge in [-0.05, 0) is 60.2 Å². The number of carbonyl (C=O) groups excluding carboxylic acids is 1. The molecule has 0 aliphatic carbocycles. The molecule has 8 heteroatoms. The highest BCUT2D eigenvalue weighted by molar-refractivity contribution is 7.80. The molecule has 0 saturated carbocycles. The van der Waals surface area contributed by atoms with Crippen LogP contribution in [0.15, 0.2) is 89.7 Å². The molecule has 0 radical (unpaired) electrons. The predicted molar refractivity (Wildman–Crippen MR) is 131 cm³/mol. The second-order valence-electron chi connectivity index (χ2n) is 7.89. The molecular formula is C26H22N4O3S. The largest absolute Gasteiger partial charge is 0.465 e. The molecule has 1 aromatic carbocycles. The third kappa shape index (κ3) is 4.27. The highest BCUT2D eigenvalue weighted by atomic mass is 32.1. The van der Waals surface area contributed by atoms with Crippen molar-refractivity contribution in [3.05, 3.63) is 108 Å². The Morgan fingerprint density at radius 1 is 1.12 bits per heavy atom. The fourth-order valence-corrected chi connectivity index (χ4v) is 4.46. The molecule has 170 valence electrons. The van der Waals surface area contributed by atoms with E-state index in [-0.39, 0.29) is 12.1 Å². The Labute approximate surface area is 202 Å². The van der Waals surface area contributed by atoms with Crippen LogP contribution in [0, 0.1) is 0 Å². The lowest BCUT2D eigenvalue weighted by molar-refractivity contribution is 0.0601. The van der Waals surface area contributed by atoms with Gasteiger partial charge in [0.05, 0.1) is 24.4 Å². The minimum absolute atomic E-state index is 0.189. The van der Waals surface area contributed by atoms with Gasteiger partial charge in [0.2, 0.25) is 0 Å². The van der Waals surface area contributed by atoms with Gasteiger partial charge in [0, 0.05) is 30.7 Å². The van der Waals surface area contributed by atoms with Gasteiger partial charge in [0.1, 0.15) is 17.6 Å². The standard InChI is InChI=1S/C26H22N4O3S/c1-32-25(31)19-8-4-7-18(14-19)21-10-11-22(33-21)24-23(20-9-2-3-13-28-20)29-26(34)30(24)16-17-6-5-12-27-15-17/h2-15,23-24H,16H2,1H3,(H,29,34)/t23-,24-/m1/s1. The van der Waals surface area contributed by atoms with Crippen molar-refractivity contribution in [2.75, 3.05) is 7.11 Å². The second-order valence-corrected chi connectivity index (χ2v) is 8.28. The molecule has 0 amide bonds. The van der Waals surface area contributed by atoms with E-state index in [1.165, 1.54) is 7.11 Å². The van der Waals surface area contributed by atoms with Gasteiger partial charge in [-0.1, -0.05) is 24.3 Å². The lowest BCUT2D eigenvalue weighted by atomic mass is 10.0. The zero-order valence-electron chi connectivity index (χ0n) is 18.4. The fraction of sp³-hybridized carbons (Fsp3) is 0.154. The number of hydrogen-bond acceptors (Lipinski definition) is 6. The van der Waals surface area contributed by atoms with E-state index in [4.69, 9.17) is 21.4 Å². The Hall–Kier alpha value is -4.04. The van der Waals surface area contributed by atoms with Gasteiger partial charge in [-0.25, -0.2) is 4.79 Å². The highest BCUT2D eigenvalue weighted by Gasteiger charge is 2.41. The topological polar surface area (TPSA) is 80.5 Å². The zero-order chi connectivity index (χ0) is 23.5. The number of methoxy groups -OCH3 is 1. The molecule has 4 heterocycles. The third-order valence-electron chi connectivity index (χ3n) is 5.76. The summed E-state index contributed by atoms with van der Waals surface area (Å²) >= 11 is 5.73. The van der Waals surface area contributed by atoms with Crippen molar-refractivity contribution in [3.63, 3.8) is 0 Å². The van der Waals surface area contributed by atoms with Crippen LogP contribution in [0.1, 0.15) is 39.5 Å². The number of benzene rings is 1. The van der Waals surface area contributed by atoms with Gasteiger partial charge in [-0.15, -0.1) is 0 Å². The molecule has 4 aromatic rings. The Morgan fingerprint density at radius 3 is 2.79 bits per heavy atom. The molecule has 0 bridgehead atoms. The van der Waals surface area contributed by atoms with Gasteiger partial charge in [0.25, 0.3) is 0 Å². The number of ether oxygens (including phenoxy) is 1. The average molecular weight is 471 g/mol. The van der Waals surface area contributed by atoms with E-state index in [0.29, 0.717) is 23.0 Å². The van der Waals surface area contributed by atoms with Crippen molar-refractivity contribution in [1.29, 1.82) is 0 Å². The second kappa shape index (κ2) is 9.44. The van der Waals surface area contributed by atoms with E-state index >= 15 is 0 Å². The Kier molecular flexibility index (Phi) is 6.05. The summed E-state index contributed by atoms with van der Waals surface area (Å²) in [5, 5.41) is 4.04. The van der Waals surface area contributed by atoms with E-state index in [1.54, 1.807) is 30.6 Å². The van der Waals surface area contributed by atoms with Crippen molar-refractivity contribution in [2.45, 2.75) is 18.6 Å². The Bertz CT molecular complexity index is 1310. The maximum Gasteiger partial charge on any atom is 0.337 e. The van der Waals surface area contributed by atoms with Crippen LogP contribution in [0.2, 0.25) is 0 Å². The average Bonchev–Trinajstić information content (AvgIpc) is 3.50. The maximum absolute atomic E-state index is 12.0. The van der Waals surface area contributed by atoms with Crippen molar-refractivity contribution in [1.82, 2.24) is 20.2 Å². The summed E-state index contributed by atoms with van der Waals surface area (Å²) in [6.45, 7) is 0.571. The lowest BCUT2D eigenvalue weighted by Gasteiger charge is -2.26. The summed E-state index contributed by atoms with van der Waals surface area (Å²) in [4.78, 5) is 22.9. The van der Waals surface area contributed by atoms with E-state index in [2.05, 4.69) is 20.2 Å². The quantitative estimate of drug-likeness (QED) is 0.321. The summed E-state index contributed by atoms with van der Waals surface area (Å²) < 4.78 is 11.2. The predicted octanol–water partition coefficient (Wildman–Crippen LogP) is 4.70. The van der Waals surface area contributed by atoms with Crippen LogP contribution in [0.3, 0.4) is 0 Å². The van der Waals surface area contributed by atoms with Crippen LogP contribution in [0.25, 0.3) is 11.3 Å². The summed E-state index contributed by atoms with van der Waals surface area (Å²) in [6.07, 6.45) is 5.35. The maximum atomic E-state index is 12.0. The molecule has 1 N–H and O–H groups in total. The van der Waals surface area contributed by atoms with Crippen LogP contribution in [-0.4, -0.2) is 33.1 Å². The fourth-order valence-electron chi connectivity index (χ4n) is 4.16. The molecule has 3 aromatic heterocycles. The van der Waals surface area contributed by atoms with Crippen LogP contribution in [-0.2, 0) is 11.3 Å². The molecular weight excluding hydrogens is 448 g/mol. The van der Waals surface area contributed by atoms with E-state index in [9.17, 15) is 4.79 Å². The van der Waals surface area contributed by atoms with Crippen LogP contribution >= 0.6 is 12.2 Å². The zero-order valence-corrected chi connectivity index (χ0v) is 19.2. The summed E-state index contributed by atoms with van der Waals surface area (Å²) in [6, 6.07) is 20.4. The number of esters is 1.